The van der Waals surface area contributed by atoms with Crippen molar-refractivity contribution in [1.29, 1.82) is 0 Å². The van der Waals surface area contributed by atoms with Gasteiger partial charge in [-0.25, -0.2) is 4.79 Å². The number of anilines is 1. The average molecular weight is 268 g/mol. The number of carbonyl (C=O) groups excluding carboxylic acids is 2. The molecule has 98 valence electrons. The molecular formula is C11H16N4O2S. The van der Waals surface area contributed by atoms with Crippen molar-refractivity contribution in [3.05, 3.63) is 11.8 Å². The molecule has 6 nitrogen and oxygen atoms in total. The lowest BCUT2D eigenvalue weighted by Crippen LogP contribution is -2.40. The normalized spacial score (nSPS) is 14.6. The molecule has 0 spiro atoms. The van der Waals surface area contributed by atoms with Gasteiger partial charge in [0, 0.05) is 13.1 Å². The highest BCUT2D eigenvalue weighted by atomic mass is 32.1. The van der Waals surface area contributed by atoms with Gasteiger partial charge in [0.2, 0.25) is 5.91 Å². The third-order valence-electron chi connectivity index (χ3n) is 2.72. The minimum atomic E-state index is -0.369. The molecule has 0 atom stereocenters. The van der Waals surface area contributed by atoms with Gasteiger partial charge in [0.05, 0.1) is 12.2 Å². The molecule has 2 N–H and O–H groups in total. The zero-order chi connectivity index (χ0) is 13.0. The van der Waals surface area contributed by atoms with Crippen molar-refractivity contribution >= 4 is 28.5 Å². The first-order chi connectivity index (χ1) is 8.65. The van der Waals surface area contributed by atoms with E-state index < -0.39 is 0 Å². The molecule has 1 saturated heterocycles. The standard InChI is InChI=1S/C11H16N4O2S/c1-8-6-9(18-14-8)13-11(17)12-7-10(16)15-4-2-3-5-15/h6H,2-5,7H2,1H3,(H2,12,13,17). The fourth-order valence-electron chi connectivity index (χ4n) is 1.81. The molecule has 0 aromatic carbocycles. The topological polar surface area (TPSA) is 74.3 Å². The third-order valence-corrected chi connectivity index (χ3v) is 3.52. The van der Waals surface area contributed by atoms with Gasteiger partial charge in [0.1, 0.15) is 5.00 Å². The van der Waals surface area contributed by atoms with Crippen LogP contribution in [0.15, 0.2) is 6.07 Å². The van der Waals surface area contributed by atoms with Gasteiger partial charge in [-0.2, -0.15) is 4.37 Å². The zero-order valence-corrected chi connectivity index (χ0v) is 11.0. The molecule has 1 fully saturated rings. The van der Waals surface area contributed by atoms with Gasteiger partial charge in [-0.05, 0) is 37.4 Å². The Morgan fingerprint density at radius 2 is 2.17 bits per heavy atom. The third kappa shape index (κ3) is 3.43. The lowest BCUT2D eigenvalue weighted by Gasteiger charge is -2.15. The summed E-state index contributed by atoms with van der Waals surface area (Å²) in [4.78, 5) is 25.0. The van der Waals surface area contributed by atoms with Crippen LogP contribution in [0.1, 0.15) is 18.5 Å². The first-order valence-electron chi connectivity index (χ1n) is 5.91. The number of urea groups is 1. The van der Waals surface area contributed by atoms with Gasteiger partial charge in [-0.15, -0.1) is 0 Å². The maximum Gasteiger partial charge on any atom is 0.320 e. The van der Waals surface area contributed by atoms with Gasteiger partial charge in [0.25, 0.3) is 0 Å². The molecule has 0 unspecified atom stereocenters. The maximum absolute atomic E-state index is 11.7. The van der Waals surface area contributed by atoms with E-state index in [0.717, 1.165) is 31.6 Å². The van der Waals surface area contributed by atoms with Crippen LogP contribution in [0, 0.1) is 6.92 Å². The monoisotopic (exact) mass is 268 g/mol. The Morgan fingerprint density at radius 3 is 2.78 bits per heavy atom. The minimum absolute atomic E-state index is 0.0249. The fourth-order valence-corrected chi connectivity index (χ4v) is 2.47. The summed E-state index contributed by atoms with van der Waals surface area (Å²) in [6.45, 7) is 3.51. The first-order valence-corrected chi connectivity index (χ1v) is 6.68. The van der Waals surface area contributed by atoms with E-state index in [4.69, 9.17) is 0 Å². The van der Waals surface area contributed by atoms with Gasteiger partial charge in [0.15, 0.2) is 0 Å². The second-order valence-electron chi connectivity index (χ2n) is 4.23. The second kappa shape index (κ2) is 5.81. The molecule has 2 heterocycles. The highest BCUT2D eigenvalue weighted by Gasteiger charge is 2.18. The van der Waals surface area contributed by atoms with Crippen LogP contribution in [-0.4, -0.2) is 40.8 Å². The molecule has 1 aromatic heterocycles. The molecule has 18 heavy (non-hydrogen) atoms. The van der Waals surface area contributed by atoms with Gasteiger partial charge in [-0.1, -0.05) is 0 Å². The second-order valence-corrected chi connectivity index (χ2v) is 5.03. The Morgan fingerprint density at radius 1 is 1.44 bits per heavy atom. The van der Waals surface area contributed by atoms with Crippen LogP contribution in [-0.2, 0) is 4.79 Å². The molecule has 0 saturated carbocycles. The number of carbonyl (C=O) groups is 2. The number of nitrogens with one attached hydrogen (secondary N) is 2. The van der Waals surface area contributed by atoms with Crippen molar-refractivity contribution in [3.63, 3.8) is 0 Å². The summed E-state index contributed by atoms with van der Waals surface area (Å²) in [7, 11) is 0. The van der Waals surface area contributed by atoms with E-state index >= 15 is 0 Å². The number of rotatable bonds is 3. The largest absolute Gasteiger partial charge is 0.341 e. The van der Waals surface area contributed by atoms with Crippen LogP contribution in [0.25, 0.3) is 0 Å². The highest BCUT2D eigenvalue weighted by molar-refractivity contribution is 7.10. The van der Waals surface area contributed by atoms with E-state index in [2.05, 4.69) is 15.0 Å². The highest BCUT2D eigenvalue weighted by Crippen LogP contribution is 2.14. The predicted molar refractivity (Wildman–Crippen MR) is 69.7 cm³/mol. The Hall–Kier alpha value is -1.63. The number of aromatic nitrogens is 1. The number of hydrogen-bond donors (Lipinski definition) is 2. The van der Waals surface area contributed by atoms with Crippen LogP contribution in [0.2, 0.25) is 0 Å². The molecule has 0 aliphatic carbocycles. The van der Waals surface area contributed by atoms with E-state index in [0.29, 0.717) is 5.00 Å². The van der Waals surface area contributed by atoms with E-state index in [9.17, 15) is 9.59 Å². The van der Waals surface area contributed by atoms with Crippen LogP contribution >= 0.6 is 11.5 Å². The summed E-state index contributed by atoms with van der Waals surface area (Å²) in [6, 6.07) is 1.42. The smallest absolute Gasteiger partial charge is 0.320 e. The molecule has 3 amide bonds. The van der Waals surface area contributed by atoms with Crippen LogP contribution in [0.5, 0.6) is 0 Å². The summed E-state index contributed by atoms with van der Waals surface area (Å²) in [6.07, 6.45) is 2.11. The average Bonchev–Trinajstić information content (AvgIpc) is 2.97. The number of amides is 3. The fraction of sp³-hybridized carbons (Fsp3) is 0.545. The van der Waals surface area contributed by atoms with Crippen molar-refractivity contribution in [2.75, 3.05) is 25.0 Å². The van der Waals surface area contributed by atoms with Gasteiger partial charge < -0.3 is 10.2 Å². The minimum Gasteiger partial charge on any atom is -0.341 e. The van der Waals surface area contributed by atoms with Crippen molar-refractivity contribution in [3.8, 4) is 0 Å². The van der Waals surface area contributed by atoms with Gasteiger partial charge in [-0.3, -0.25) is 10.1 Å². The van der Waals surface area contributed by atoms with Crippen molar-refractivity contribution in [2.45, 2.75) is 19.8 Å². The number of likely N-dealkylation sites (tertiary alicyclic amines) is 1. The van der Waals surface area contributed by atoms with Crippen LogP contribution in [0.4, 0.5) is 9.80 Å². The van der Waals surface area contributed by atoms with Crippen LogP contribution in [0.3, 0.4) is 0 Å². The predicted octanol–water partition coefficient (Wildman–Crippen LogP) is 1.20. The van der Waals surface area contributed by atoms with Crippen molar-refractivity contribution in [1.82, 2.24) is 14.6 Å². The zero-order valence-electron chi connectivity index (χ0n) is 10.2. The summed E-state index contributed by atoms with van der Waals surface area (Å²) < 4.78 is 4.05. The molecule has 0 radical (unpaired) electrons. The Bertz CT molecular complexity index is 440. The molecule has 2 rings (SSSR count). The molecule has 1 aliphatic heterocycles. The Kier molecular flexibility index (Phi) is 4.14. The van der Waals surface area contributed by atoms with Crippen molar-refractivity contribution < 1.29 is 9.59 Å². The summed E-state index contributed by atoms with van der Waals surface area (Å²) >= 11 is 1.22. The van der Waals surface area contributed by atoms with Crippen molar-refractivity contribution in [2.24, 2.45) is 0 Å². The lowest BCUT2D eigenvalue weighted by atomic mass is 10.4. The van der Waals surface area contributed by atoms with Gasteiger partial charge >= 0.3 is 6.03 Å². The molecule has 1 aromatic rings. The SMILES string of the molecule is Cc1cc(NC(=O)NCC(=O)N2CCCC2)sn1. The Balaban J connectivity index is 1.72. The number of nitrogens with zero attached hydrogens (tertiary/aromatic N) is 2. The molecule has 1 aliphatic rings. The van der Waals surface area contributed by atoms with E-state index in [1.54, 1.807) is 11.0 Å². The Labute approximate surface area is 110 Å². The quantitative estimate of drug-likeness (QED) is 0.865. The number of aryl methyl sites for hydroxylation is 1. The van der Waals surface area contributed by atoms with E-state index in [1.807, 2.05) is 6.92 Å². The maximum atomic E-state index is 11.7. The summed E-state index contributed by atoms with van der Waals surface area (Å²) in [5, 5.41) is 5.88. The van der Waals surface area contributed by atoms with E-state index in [-0.39, 0.29) is 18.5 Å². The summed E-state index contributed by atoms with van der Waals surface area (Å²) in [5.74, 6) is -0.0249. The molecule has 7 heteroatoms. The summed E-state index contributed by atoms with van der Waals surface area (Å²) in [5.41, 5.74) is 0.864. The van der Waals surface area contributed by atoms with Crippen LogP contribution < -0.4 is 10.6 Å². The van der Waals surface area contributed by atoms with E-state index in [1.165, 1.54) is 11.5 Å². The number of hydrogen-bond acceptors (Lipinski definition) is 4. The molecular weight excluding hydrogens is 252 g/mol. The lowest BCUT2D eigenvalue weighted by molar-refractivity contribution is -0.128. The molecule has 0 bridgehead atoms. The first kappa shape index (κ1) is 12.8.